The second-order valence-electron chi connectivity index (χ2n) is 3.69. The second kappa shape index (κ2) is 3.26. The average molecular weight is 219 g/mol. The van der Waals surface area contributed by atoms with E-state index in [1.54, 1.807) is 0 Å². The largest absolute Gasteiger partial charge is 0.298 e. The van der Waals surface area contributed by atoms with Crippen LogP contribution in [0.2, 0.25) is 0 Å². The molecular weight excluding hydrogens is 204 g/mol. The van der Waals surface area contributed by atoms with Gasteiger partial charge in [0.05, 0.1) is 4.83 Å². The molecule has 64 valence electrons. The van der Waals surface area contributed by atoms with Gasteiger partial charge in [0.1, 0.15) is 5.78 Å². The number of halogens is 1. The van der Waals surface area contributed by atoms with Crippen LogP contribution < -0.4 is 0 Å². The molecule has 0 N–H and O–H groups in total. The summed E-state index contributed by atoms with van der Waals surface area (Å²) in [5.41, 5.74) is 0.218. The number of hydrogen-bond acceptors (Lipinski definition) is 1. The standard InChI is InChI=1S/C9H15BrO/c1-3-9(2)6-4-5-7(11)8(9)10/h8H,3-6H2,1-2H3/t8?,9-/m1/s1. The highest BCUT2D eigenvalue weighted by molar-refractivity contribution is 9.10. The molecule has 1 rings (SSSR count). The Balaban J connectivity index is 2.72. The van der Waals surface area contributed by atoms with Crippen molar-refractivity contribution in [3.05, 3.63) is 0 Å². The molecule has 1 unspecified atom stereocenters. The number of carbonyl (C=O) groups excluding carboxylic acids is 1. The summed E-state index contributed by atoms with van der Waals surface area (Å²) in [5, 5.41) is 0. The molecule has 11 heavy (non-hydrogen) atoms. The highest BCUT2D eigenvalue weighted by atomic mass is 79.9. The maximum atomic E-state index is 11.3. The van der Waals surface area contributed by atoms with E-state index in [0.717, 1.165) is 19.3 Å². The highest BCUT2D eigenvalue weighted by Gasteiger charge is 2.38. The van der Waals surface area contributed by atoms with Crippen molar-refractivity contribution in [2.45, 2.75) is 44.4 Å². The van der Waals surface area contributed by atoms with Crippen molar-refractivity contribution in [3.63, 3.8) is 0 Å². The van der Waals surface area contributed by atoms with Gasteiger partial charge in [-0.25, -0.2) is 0 Å². The van der Waals surface area contributed by atoms with Gasteiger partial charge in [-0.3, -0.25) is 4.79 Å². The molecule has 1 aliphatic rings. The Morgan fingerprint density at radius 1 is 1.73 bits per heavy atom. The Morgan fingerprint density at radius 2 is 2.36 bits per heavy atom. The molecular formula is C9H15BrO. The van der Waals surface area contributed by atoms with Crippen molar-refractivity contribution in [1.29, 1.82) is 0 Å². The second-order valence-corrected chi connectivity index (χ2v) is 4.61. The third-order valence-electron chi connectivity index (χ3n) is 2.87. The topological polar surface area (TPSA) is 17.1 Å². The summed E-state index contributed by atoms with van der Waals surface area (Å²) >= 11 is 3.49. The molecule has 2 heteroatoms. The van der Waals surface area contributed by atoms with Crippen LogP contribution >= 0.6 is 15.9 Å². The number of alkyl halides is 1. The van der Waals surface area contributed by atoms with E-state index >= 15 is 0 Å². The van der Waals surface area contributed by atoms with Gasteiger partial charge in [0.15, 0.2) is 0 Å². The molecule has 1 nitrogen and oxygen atoms in total. The Hall–Kier alpha value is 0.150. The summed E-state index contributed by atoms with van der Waals surface area (Å²) in [6, 6.07) is 0. The summed E-state index contributed by atoms with van der Waals surface area (Å²) in [5.74, 6) is 0.389. The van der Waals surface area contributed by atoms with Gasteiger partial charge in [-0.05, 0) is 24.7 Å². The predicted octanol–water partition coefficient (Wildman–Crippen LogP) is 2.92. The van der Waals surface area contributed by atoms with Crippen LogP contribution in [0.5, 0.6) is 0 Å². The first-order valence-electron chi connectivity index (χ1n) is 4.27. The van der Waals surface area contributed by atoms with Gasteiger partial charge in [-0.2, -0.15) is 0 Å². The Bertz CT molecular complexity index is 167. The molecule has 1 fully saturated rings. The van der Waals surface area contributed by atoms with Gasteiger partial charge < -0.3 is 0 Å². The molecule has 0 bridgehead atoms. The number of carbonyl (C=O) groups is 1. The van der Waals surface area contributed by atoms with Crippen molar-refractivity contribution < 1.29 is 4.79 Å². The lowest BCUT2D eigenvalue weighted by Gasteiger charge is -2.36. The van der Waals surface area contributed by atoms with Crippen LogP contribution in [-0.4, -0.2) is 10.6 Å². The van der Waals surface area contributed by atoms with Crippen LogP contribution in [-0.2, 0) is 4.79 Å². The minimum Gasteiger partial charge on any atom is -0.298 e. The lowest BCUT2D eigenvalue weighted by Crippen LogP contribution is -2.37. The van der Waals surface area contributed by atoms with E-state index in [9.17, 15) is 4.79 Å². The molecule has 0 aromatic rings. The van der Waals surface area contributed by atoms with E-state index in [4.69, 9.17) is 0 Å². The summed E-state index contributed by atoms with van der Waals surface area (Å²) in [7, 11) is 0. The van der Waals surface area contributed by atoms with Crippen molar-refractivity contribution >= 4 is 21.7 Å². The van der Waals surface area contributed by atoms with Gasteiger partial charge in [-0.1, -0.05) is 29.8 Å². The average Bonchev–Trinajstić information content (AvgIpc) is 2.00. The van der Waals surface area contributed by atoms with Crippen LogP contribution in [0.25, 0.3) is 0 Å². The van der Waals surface area contributed by atoms with Crippen LogP contribution in [0, 0.1) is 5.41 Å². The molecule has 0 aliphatic heterocycles. The zero-order valence-corrected chi connectivity index (χ0v) is 8.78. The first kappa shape index (κ1) is 9.24. The van der Waals surface area contributed by atoms with E-state index in [-0.39, 0.29) is 10.2 Å². The summed E-state index contributed by atoms with van der Waals surface area (Å²) in [6.07, 6.45) is 4.12. The summed E-state index contributed by atoms with van der Waals surface area (Å²) in [4.78, 5) is 11.4. The molecule has 0 heterocycles. The monoisotopic (exact) mass is 218 g/mol. The van der Waals surface area contributed by atoms with E-state index in [0.29, 0.717) is 5.78 Å². The zero-order chi connectivity index (χ0) is 8.48. The first-order valence-corrected chi connectivity index (χ1v) is 5.18. The number of rotatable bonds is 1. The molecule has 0 aromatic carbocycles. The van der Waals surface area contributed by atoms with Crippen molar-refractivity contribution in [2.75, 3.05) is 0 Å². The fraction of sp³-hybridized carbons (Fsp3) is 0.889. The molecule has 0 aromatic heterocycles. The predicted molar refractivity (Wildman–Crippen MR) is 50.0 cm³/mol. The van der Waals surface area contributed by atoms with Crippen LogP contribution in [0.3, 0.4) is 0 Å². The van der Waals surface area contributed by atoms with Crippen LogP contribution in [0.1, 0.15) is 39.5 Å². The van der Waals surface area contributed by atoms with Crippen molar-refractivity contribution in [1.82, 2.24) is 0 Å². The maximum Gasteiger partial charge on any atom is 0.147 e. The van der Waals surface area contributed by atoms with E-state index in [1.807, 2.05) is 0 Å². The van der Waals surface area contributed by atoms with E-state index in [2.05, 4.69) is 29.8 Å². The number of hydrogen-bond donors (Lipinski definition) is 0. The minimum absolute atomic E-state index is 0.105. The lowest BCUT2D eigenvalue weighted by atomic mass is 9.73. The van der Waals surface area contributed by atoms with E-state index in [1.165, 1.54) is 6.42 Å². The lowest BCUT2D eigenvalue weighted by molar-refractivity contribution is -0.122. The maximum absolute atomic E-state index is 11.3. The summed E-state index contributed by atoms with van der Waals surface area (Å²) in [6.45, 7) is 4.36. The quantitative estimate of drug-likeness (QED) is 0.619. The van der Waals surface area contributed by atoms with Gasteiger partial charge in [-0.15, -0.1) is 0 Å². The van der Waals surface area contributed by atoms with Crippen LogP contribution in [0.4, 0.5) is 0 Å². The third kappa shape index (κ3) is 1.66. The Labute approximate surface area is 76.7 Å². The molecule has 0 amide bonds. The highest BCUT2D eigenvalue weighted by Crippen LogP contribution is 2.41. The zero-order valence-electron chi connectivity index (χ0n) is 7.19. The number of Topliss-reactive ketones (excluding diaryl/α,β-unsaturated/α-hetero) is 1. The molecule has 0 spiro atoms. The smallest absolute Gasteiger partial charge is 0.147 e. The minimum atomic E-state index is 0.105. The molecule has 0 radical (unpaired) electrons. The van der Waals surface area contributed by atoms with E-state index < -0.39 is 0 Å². The SMILES string of the molecule is CC[C@]1(C)CCCC(=O)C1Br. The van der Waals surface area contributed by atoms with Gasteiger partial charge in [0.25, 0.3) is 0 Å². The molecule has 0 saturated heterocycles. The fourth-order valence-electron chi connectivity index (χ4n) is 1.66. The third-order valence-corrected chi connectivity index (χ3v) is 4.49. The Morgan fingerprint density at radius 3 is 2.82 bits per heavy atom. The van der Waals surface area contributed by atoms with Crippen molar-refractivity contribution in [3.8, 4) is 0 Å². The molecule has 1 saturated carbocycles. The van der Waals surface area contributed by atoms with Gasteiger partial charge in [0, 0.05) is 6.42 Å². The first-order chi connectivity index (χ1) is 5.10. The molecule has 1 aliphatic carbocycles. The fourth-order valence-corrected chi connectivity index (χ4v) is 2.45. The van der Waals surface area contributed by atoms with Crippen molar-refractivity contribution in [2.24, 2.45) is 5.41 Å². The molecule has 2 atom stereocenters. The van der Waals surface area contributed by atoms with Gasteiger partial charge in [0.2, 0.25) is 0 Å². The van der Waals surface area contributed by atoms with Gasteiger partial charge >= 0.3 is 0 Å². The number of ketones is 1. The van der Waals surface area contributed by atoms with Crippen LogP contribution in [0.15, 0.2) is 0 Å². The Kier molecular flexibility index (Phi) is 2.74. The summed E-state index contributed by atoms with van der Waals surface area (Å²) < 4.78 is 0. The normalized spacial score (nSPS) is 39.2.